The van der Waals surface area contributed by atoms with Gasteiger partial charge in [0.25, 0.3) is 10.0 Å². The number of aromatic nitrogens is 2. The molecule has 0 saturated carbocycles. The third-order valence-corrected chi connectivity index (χ3v) is 5.16. The van der Waals surface area contributed by atoms with Crippen molar-refractivity contribution in [2.45, 2.75) is 24.3 Å². The molecule has 2 aromatic rings. The van der Waals surface area contributed by atoms with Crippen LogP contribution in [0.3, 0.4) is 0 Å². The second-order valence-electron chi connectivity index (χ2n) is 5.57. The molecule has 1 fully saturated rings. The third kappa shape index (κ3) is 4.08. The lowest BCUT2D eigenvalue weighted by atomic mass is 10.0. The summed E-state index contributed by atoms with van der Waals surface area (Å²) in [6.45, 7) is 2.24. The van der Waals surface area contributed by atoms with Crippen LogP contribution >= 0.6 is 0 Å². The van der Waals surface area contributed by atoms with E-state index in [-0.39, 0.29) is 4.90 Å². The van der Waals surface area contributed by atoms with Crippen molar-refractivity contribution in [1.82, 2.24) is 9.78 Å². The van der Waals surface area contributed by atoms with Crippen molar-refractivity contribution in [3.8, 4) is 0 Å². The Labute approximate surface area is 134 Å². The lowest BCUT2D eigenvalue weighted by Gasteiger charge is -2.21. The van der Waals surface area contributed by atoms with Gasteiger partial charge in [-0.1, -0.05) is 6.07 Å². The minimum absolute atomic E-state index is 0.116. The van der Waals surface area contributed by atoms with Crippen LogP contribution in [0.1, 0.15) is 12.8 Å². The molecule has 1 aromatic heterocycles. The Morgan fingerprint density at radius 3 is 2.87 bits per heavy atom. The molecule has 0 amide bonds. The highest BCUT2D eigenvalue weighted by Crippen LogP contribution is 2.19. The van der Waals surface area contributed by atoms with Crippen molar-refractivity contribution >= 4 is 15.7 Å². The molecule has 0 bridgehead atoms. The van der Waals surface area contributed by atoms with Crippen LogP contribution in [0.5, 0.6) is 0 Å². The minimum Gasteiger partial charge on any atom is -0.381 e. The van der Waals surface area contributed by atoms with Gasteiger partial charge in [0, 0.05) is 26.0 Å². The van der Waals surface area contributed by atoms with Crippen molar-refractivity contribution in [3.05, 3.63) is 42.5 Å². The minimum atomic E-state index is -3.82. The first-order chi connectivity index (χ1) is 11.0. The lowest BCUT2D eigenvalue weighted by molar-refractivity contribution is 0.0601. The summed E-state index contributed by atoms with van der Waals surface area (Å²) in [5.41, 5.74) is 0.362. The molecule has 1 aliphatic heterocycles. The van der Waals surface area contributed by atoms with Crippen LogP contribution in [0.15, 0.2) is 41.6 Å². The Hall–Kier alpha value is -1.93. The monoisotopic (exact) mass is 339 g/mol. The second kappa shape index (κ2) is 6.67. The molecule has 1 aliphatic rings. The summed E-state index contributed by atoms with van der Waals surface area (Å²) in [5, 5.41) is 4.18. The Morgan fingerprint density at radius 1 is 1.35 bits per heavy atom. The topological polar surface area (TPSA) is 73.2 Å². The van der Waals surface area contributed by atoms with Crippen LogP contribution in [-0.4, -0.2) is 31.4 Å². The van der Waals surface area contributed by atoms with Gasteiger partial charge >= 0.3 is 0 Å². The van der Waals surface area contributed by atoms with Crippen molar-refractivity contribution in [3.63, 3.8) is 0 Å². The van der Waals surface area contributed by atoms with Gasteiger partial charge in [0.05, 0.1) is 16.8 Å². The second-order valence-corrected chi connectivity index (χ2v) is 7.25. The first kappa shape index (κ1) is 15.9. The van der Waals surface area contributed by atoms with E-state index >= 15 is 0 Å². The molecule has 3 rings (SSSR count). The van der Waals surface area contributed by atoms with Crippen LogP contribution in [0.25, 0.3) is 0 Å². The van der Waals surface area contributed by atoms with Gasteiger partial charge < -0.3 is 4.74 Å². The summed E-state index contributed by atoms with van der Waals surface area (Å²) in [4.78, 5) is -0.116. The molecule has 124 valence electrons. The van der Waals surface area contributed by atoms with E-state index in [2.05, 4.69) is 9.82 Å². The first-order valence-corrected chi connectivity index (χ1v) is 8.90. The number of nitrogens with zero attached hydrogens (tertiary/aromatic N) is 2. The quantitative estimate of drug-likeness (QED) is 0.907. The Morgan fingerprint density at radius 2 is 2.13 bits per heavy atom. The van der Waals surface area contributed by atoms with E-state index in [0.717, 1.165) is 38.7 Å². The Bertz CT molecular complexity index is 770. The summed E-state index contributed by atoms with van der Waals surface area (Å²) in [6.07, 6.45) is 5.05. The number of rotatable bonds is 5. The van der Waals surface area contributed by atoms with Gasteiger partial charge in [-0.25, -0.2) is 12.8 Å². The normalized spacial score (nSPS) is 16.4. The molecule has 0 spiro atoms. The van der Waals surface area contributed by atoms with E-state index in [4.69, 9.17) is 4.74 Å². The van der Waals surface area contributed by atoms with E-state index in [1.807, 2.05) is 0 Å². The molecule has 0 unspecified atom stereocenters. The SMILES string of the molecule is O=S(=O)(Nc1cnn(CC2CCOCC2)c1)c1cccc(F)c1. The van der Waals surface area contributed by atoms with Crippen molar-refractivity contribution in [1.29, 1.82) is 0 Å². The van der Waals surface area contributed by atoms with Gasteiger partial charge in [-0.15, -0.1) is 0 Å². The van der Waals surface area contributed by atoms with Gasteiger partial charge in [0.15, 0.2) is 0 Å². The van der Waals surface area contributed by atoms with Gasteiger partial charge in [-0.3, -0.25) is 9.40 Å². The standard InChI is InChI=1S/C15H18FN3O3S/c16-13-2-1-3-15(8-13)23(20,21)18-14-9-17-19(11-14)10-12-4-6-22-7-5-12/h1-3,8-9,11-12,18H,4-7,10H2. The predicted octanol–water partition coefficient (Wildman–Crippen LogP) is 2.25. The maximum Gasteiger partial charge on any atom is 0.262 e. The number of hydrogen-bond acceptors (Lipinski definition) is 4. The summed E-state index contributed by atoms with van der Waals surface area (Å²) in [6, 6.07) is 4.88. The van der Waals surface area contributed by atoms with E-state index in [1.165, 1.54) is 24.4 Å². The highest BCUT2D eigenvalue weighted by Gasteiger charge is 2.17. The number of sulfonamides is 1. The predicted molar refractivity (Wildman–Crippen MR) is 83.0 cm³/mol. The molecule has 2 heterocycles. The molecular weight excluding hydrogens is 321 g/mol. The molecule has 23 heavy (non-hydrogen) atoms. The fraction of sp³-hybridized carbons (Fsp3) is 0.400. The van der Waals surface area contributed by atoms with Crippen molar-refractivity contribution < 1.29 is 17.5 Å². The average molecular weight is 339 g/mol. The Balaban J connectivity index is 1.68. The molecule has 0 aliphatic carbocycles. The highest BCUT2D eigenvalue weighted by atomic mass is 32.2. The van der Waals surface area contributed by atoms with Crippen LogP contribution in [0.2, 0.25) is 0 Å². The van der Waals surface area contributed by atoms with Crippen LogP contribution < -0.4 is 4.72 Å². The van der Waals surface area contributed by atoms with E-state index in [0.29, 0.717) is 11.6 Å². The van der Waals surface area contributed by atoms with Crippen LogP contribution in [0.4, 0.5) is 10.1 Å². The Kier molecular flexibility index (Phi) is 4.63. The summed E-state index contributed by atoms with van der Waals surface area (Å²) in [7, 11) is -3.82. The van der Waals surface area contributed by atoms with Gasteiger partial charge in [-0.2, -0.15) is 5.10 Å². The molecule has 6 nitrogen and oxygen atoms in total. The highest BCUT2D eigenvalue weighted by molar-refractivity contribution is 7.92. The fourth-order valence-electron chi connectivity index (χ4n) is 2.56. The number of anilines is 1. The maximum absolute atomic E-state index is 13.2. The molecule has 0 atom stereocenters. The molecule has 8 heteroatoms. The molecule has 1 N–H and O–H groups in total. The maximum atomic E-state index is 13.2. The van der Waals surface area contributed by atoms with Gasteiger partial charge in [-0.05, 0) is 37.0 Å². The van der Waals surface area contributed by atoms with E-state index in [9.17, 15) is 12.8 Å². The molecular formula is C15H18FN3O3S. The van der Waals surface area contributed by atoms with Crippen molar-refractivity contribution in [2.75, 3.05) is 17.9 Å². The smallest absolute Gasteiger partial charge is 0.262 e. The van der Waals surface area contributed by atoms with Crippen molar-refractivity contribution in [2.24, 2.45) is 5.92 Å². The molecule has 1 saturated heterocycles. The number of halogens is 1. The zero-order chi connectivity index (χ0) is 16.3. The summed E-state index contributed by atoms with van der Waals surface area (Å²) >= 11 is 0. The number of benzene rings is 1. The molecule has 1 aromatic carbocycles. The number of nitrogens with one attached hydrogen (secondary N) is 1. The van der Waals surface area contributed by atoms with Gasteiger partial charge in [0.1, 0.15) is 5.82 Å². The van der Waals surface area contributed by atoms with Crippen LogP contribution in [-0.2, 0) is 21.3 Å². The van der Waals surface area contributed by atoms with Crippen LogP contribution in [0, 0.1) is 11.7 Å². The molecule has 0 radical (unpaired) electrons. The number of ether oxygens (including phenoxy) is 1. The first-order valence-electron chi connectivity index (χ1n) is 7.41. The largest absolute Gasteiger partial charge is 0.381 e. The third-order valence-electron chi connectivity index (χ3n) is 3.78. The number of hydrogen-bond donors (Lipinski definition) is 1. The van der Waals surface area contributed by atoms with E-state index in [1.54, 1.807) is 10.9 Å². The lowest BCUT2D eigenvalue weighted by Crippen LogP contribution is -2.20. The summed E-state index contributed by atoms with van der Waals surface area (Å²) in [5.74, 6) is -0.112. The average Bonchev–Trinajstić information content (AvgIpc) is 2.94. The zero-order valence-electron chi connectivity index (χ0n) is 12.5. The van der Waals surface area contributed by atoms with Gasteiger partial charge in [0.2, 0.25) is 0 Å². The van der Waals surface area contributed by atoms with E-state index < -0.39 is 15.8 Å². The fourth-order valence-corrected chi connectivity index (χ4v) is 3.62. The zero-order valence-corrected chi connectivity index (χ0v) is 13.3. The summed E-state index contributed by atoms with van der Waals surface area (Å²) < 4.78 is 47.1.